The molecule has 1 aromatic carbocycles. The van der Waals surface area contributed by atoms with Gasteiger partial charge in [-0.1, -0.05) is 11.6 Å². The molecule has 0 aromatic heterocycles. The molecule has 1 N–H and O–H groups in total. The summed E-state index contributed by atoms with van der Waals surface area (Å²) in [6.45, 7) is -0.356. The second-order valence-corrected chi connectivity index (χ2v) is 5.68. The van der Waals surface area contributed by atoms with Crippen LogP contribution in [0.25, 0.3) is 0 Å². The summed E-state index contributed by atoms with van der Waals surface area (Å²) in [6.07, 6.45) is -4.53. The Morgan fingerprint density at radius 3 is 2.64 bits per heavy atom. The monoisotopic (exact) mass is 337 g/mol. The zero-order valence-electron chi connectivity index (χ0n) is 11.7. The lowest BCUT2D eigenvalue weighted by molar-refractivity contribution is -0.188. The number of benzene rings is 1. The number of carboxylic acid groups (broad SMARTS) is 1. The zero-order valence-corrected chi connectivity index (χ0v) is 12.5. The second-order valence-electron chi connectivity index (χ2n) is 5.24. The molecule has 0 aliphatic carbocycles. The number of alkyl halides is 3. The van der Waals surface area contributed by atoms with E-state index in [0.29, 0.717) is 16.3 Å². The minimum Gasteiger partial charge on any atom is -0.496 e. The lowest BCUT2D eigenvalue weighted by Crippen LogP contribution is -2.33. The highest BCUT2D eigenvalue weighted by atomic mass is 35.5. The summed E-state index contributed by atoms with van der Waals surface area (Å²) in [4.78, 5) is 12.5. The van der Waals surface area contributed by atoms with Gasteiger partial charge in [0.2, 0.25) is 0 Å². The first-order chi connectivity index (χ1) is 10.2. The Balaban J connectivity index is 2.18. The number of aliphatic carboxylic acids is 1. The molecule has 1 saturated heterocycles. The molecule has 0 amide bonds. The topological polar surface area (TPSA) is 49.8 Å². The summed E-state index contributed by atoms with van der Waals surface area (Å²) in [5.74, 6) is -4.24. The molecule has 1 aliphatic heterocycles. The minimum atomic E-state index is -4.53. The summed E-state index contributed by atoms with van der Waals surface area (Å²) in [5, 5.41) is 9.45. The van der Waals surface area contributed by atoms with Crippen LogP contribution in [0.3, 0.4) is 0 Å². The normalized spacial score (nSPS) is 22.8. The maximum absolute atomic E-state index is 13.0. The number of rotatable bonds is 4. The SMILES string of the molecule is COc1ccc(Cl)cc1CN1C[C@@H](C(F)(F)F)[C@H](C(=O)O)C1. The number of likely N-dealkylation sites (tertiary alicyclic amines) is 1. The summed E-state index contributed by atoms with van der Waals surface area (Å²) in [6, 6.07) is 4.85. The van der Waals surface area contributed by atoms with Crippen LogP contribution < -0.4 is 4.74 Å². The van der Waals surface area contributed by atoms with Gasteiger partial charge in [-0.25, -0.2) is 0 Å². The van der Waals surface area contributed by atoms with Crippen LogP contribution in [0.4, 0.5) is 13.2 Å². The zero-order chi connectivity index (χ0) is 16.5. The summed E-state index contributed by atoms with van der Waals surface area (Å²) >= 11 is 5.89. The van der Waals surface area contributed by atoms with Crippen molar-refractivity contribution < 1.29 is 27.8 Å². The van der Waals surface area contributed by atoms with Gasteiger partial charge in [0.1, 0.15) is 5.75 Å². The molecule has 0 bridgehead atoms. The van der Waals surface area contributed by atoms with Crippen molar-refractivity contribution in [2.45, 2.75) is 12.7 Å². The third kappa shape index (κ3) is 3.64. The maximum Gasteiger partial charge on any atom is 0.393 e. The average Bonchev–Trinajstić information content (AvgIpc) is 2.83. The van der Waals surface area contributed by atoms with E-state index in [1.165, 1.54) is 12.0 Å². The molecule has 122 valence electrons. The number of ether oxygens (including phenoxy) is 1. The smallest absolute Gasteiger partial charge is 0.393 e. The Hall–Kier alpha value is -1.47. The van der Waals surface area contributed by atoms with Crippen molar-refractivity contribution in [1.29, 1.82) is 0 Å². The molecule has 1 aliphatic rings. The van der Waals surface area contributed by atoms with Crippen LogP contribution in [-0.4, -0.2) is 42.4 Å². The van der Waals surface area contributed by atoms with Gasteiger partial charge in [-0.3, -0.25) is 9.69 Å². The van der Waals surface area contributed by atoms with Crippen molar-refractivity contribution in [2.24, 2.45) is 11.8 Å². The first-order valence-electron chi connectivity index (χ1n) is 6.56. The Kier molecular flexibility index (Phi) is 4.87. The fraction of sp³-hybridized carbons (Fsp3) is 0.500. The Morgan fingerprint density at radius 1 is 1.45 bits per heavy atom. The van der Waals surface area contributed by atoms with Crippen molar-refractivity contribution in [1.82, 2.24) is 4.90 Å². The van der Waals surface area contributed by atoms with E-state index in [0.717, 1.165) is 0 Å². The van der Waals surface area contributed by atoms with E-state index < -0.39 is 24.0 Å². The maximum atomic E-state index is 13.0. The van der Waals surface area contributed by atoms with Crippen LogP contribution >= 0.6 is 11.6 Å². The van der Waals surface area contributed by atoms with Crippen LogP contribution in [0, 0.1) is 11.8 Å². The standard InChI is InChI=1S/C14H15ClF3NO3/c1-22-12-3-2-9(15)4-8(12)5-19-6-10(13(20)21)11(7-19)14(16,17)18/h2-4,10-11H,5-7H2,1H3,(H,20,21)/t10-,11-/m1/s1. The second kappa shape index (κ2) is 6.34. The van der Waals surface area contributed by atoms with Gasteiger partial charge >= 0.3 is 12.1 Å². The molecular weight excluding hydrogens is 323 g/mol. The molecule has 1 heterocycles. The van der Waals surface area contributed by atoms with Gasteiger partial charge in [0, 0.05) is 30.2 Å². The molecule has 1 fully saturated rings. The highest BCUT2D eigenvalue weighted by Gasteiger charge is 2.52. The van der Waals surface area contributed by atoms with Gasteiger partial charge in [0.25, 0.3) is 0 Å². The van der Waals surface area contributed by atoms with Crippen molar-refractivity contribution in [3.05, 3.63) is 28.8 Å². The van der Waals surface area contributed by atoms with Gasteiger partial charge in [-0.05, 0) is 18.2 Å². The Labute approximate surface area is 130 Å². The lowest BCUT2D eigenvalue weighted by Gasteiger charge is -2.19. The summed E-state index contributed by atoms with van der Waals surface area (Å²) in [7, 11) is 1.45. The summed E-state index contributed by atoms with van der Waals surface area (Å²) in [5.41, 5.74) is 0.627. The number of halogens is 4. The molecule has 1 aromatic rings. The van der Waals surface area contributed by atoms with Crippen LogP contribution in [0.15, 0.2) is 18.2 Å². The first-order valence-corrected chi connectivity index (χ1v) is 6.94. The van der Waals surface area contributed by atoms with E-state index in [2.05, 4.69) is 0 Å². The van der Waals surface area contributed by atoms with Gasteiger partial charge in [0.05, 0.1) is 18.9 Å². The number of hydrogen-bond acceptors (Lipinski definition) is 3. The molecule has 2 rings (SSSR count). The average molecular weight is 338 g/mol. The van der Waals surface area contributed by atoms with E-state index in [4.69, 9.17) is 21.4 Å². The molecule has 22 heavy (non-hydrogen) atoms. The van der Waals surface area contributed by atoms with E-state index >= 15 is 0 Å². The number of carbonyl (C=O) groups is 1. The van der Waals surface area contributed by atoms with Gasteiger partial charge in [-0.2, -0.15) is 13.2 Å². The van der Waals surface area contributed by atoms with E-state index in [-0.39, 0.29) is 19.6 Å². The molecule has 0 unspecified atom stereocenters. The van der Waals surface area contributed by atoms with Gasteiger partial charge in [-0.15, -0.1) is 0 Å². The fourth-order valence-electron chi connectivity index (χ4n) is 2.71. The Bertz CT molecular complexity index is 565. The van der Waals surface area contributed by atoms with Crippen LogP contribution in [-0.2, 0) is 11.3 Å². The van der Waals surface area contributed by atoms with Crippen molar-refractivity contribution in [3.63, 3.8) is 0 Å². The minimum absolute atomic E-state index is 0.153. The van der Waals surface area contributed by atoms with E-state index in [9.17, 15) is 18.0 Å². The third-order valence-corrected chi connectivity index (χ3v) is 4.00. The molecule has 0 saturated carbocycles. The lowest BCUT2D eigenvalue weighted by atomic mass is 9.96. The van der Waals surface area contributed by atoms with Gasteiger partial charge < -0.3 is 9.84 Å². The van der Waals surface area contributed by atoms with Crippen LogP contribution in [0.5, 0.6) is 5.75 Å². The predicted molar refractivity (Wildman–Crippen MR) is 74.0 cm³/mol. The van der Waals surface area contributed by atoms with Crippen molar-refractivity contribution in [3.8, 4) is 5.75 Å². The largest absolute Gasteiger partial charge is 0.496 e. The van der Waals surface area contributed by atoms with Crippen molar-refractivity contribution in [2.75, 3.05) is 20.2 Å². The number of nitrogens with zero attached hydrogens (tertiary/aromatic N) is 1. The van der Waals surface area contributed by atoms with Gasteiger partial charge in [0.15, 0.2) is 0 Å². The van der Waals surface area contributed by atoms with E-state index in [1.807, 2.05) is 0 Å². The van der Waals surface area contributed by atoms with Crippen LogP contribution in [0.1, 0.15) is 5.56 Å². The number of carboxylic acids is 1. The molecular formula is C14H15ClF3NO3. The van der Waals surface area contributed by atoms with E-state index in [1.54, 1.807) is 18.2 Å². The third-order valence-electron chi connectivity index (χ3n) is 3.77. The molecule has 0 radical (unpaired) electrons. The highest BCUT2D eigenvalue weighted by Crippen LogP contribution is 2.38. The fourth-order valence-corrected chi connectivity index (χ4v) is 2.90. The predicted octanol–water partition coefficient (Wildman–Crippen LogP) is 3.04. The number of methoxy groups -OCH3 is 1. The molecule has 2 atom stereocenters. The van der Waals surface area contributed by atoms with Crippen molar-refractivity contribution >= 4 is 17.6 Å². The first kappa shape index (κ1) is 16.9. The van der Waals surface area contributed by atoms with Crippen LogP contribution in [0.2, 0.25) is 5.02 Å². The Morgan fingerprint density at radius 2 is 2.14 bits per heavy atom. The number of hydrogen-bond donors (Lipinski definition) is 1. The molecule has 8 heteroatoms. The molecule has 4 nitrogen and oxygen atoms in total. The highest BCUT2D eigenvalue weighted by molar-refractivity contribution is 6.30. The summed E-state index contributed by atoms with van der Waals surface area (Å²) < 4.78 is 44.0. The molecule has 0 spiro atoms. The quantitative estimate of drug-likeness (QED) is 0.917.